The molecule has 3 rings (SSSR count). The number of allylic oxidation sites excluding steroid dienone is 2. The lowest BCUT2D eigenvalue weighted by Crippen LogP contribution is -2.25. The number of hydrogen-bond donors (Lipinski definition) is 0. The molecule has 0 fully saturated rings. The predicted molar refractivity (Wildman–Crippen MR) is 66.1 cm³/mol. The van der Waals surface area contributed by atoms with Crippen LogP contribution in [0.25, 0.3) is 0 Å². The number of nitrogens with zero attached hydrogens (tertiary/aromatic N) is 1. The van der Waals surface area contributed by atoms with Crippen LogP contribution in [0.4, 0.5) is 5.69 Å². The average Bonchev–Trinajstić information content (AvgIpc) is 2.86. The van der Waals surface area contributed by atoms with Crippen molar-refractivity contribution in [2.24, 2.45) is 5.92 Å². The van der Waals surface area contributed by atoms with Crippen LogP contribution in [0.5, 0.6) is 0 Å². The van der Waals surface area contributed by atoms with Gasteiger partial charge in [-0.05, 0) is 17.9 Å². The van der Waals surface area contributed by atoms with E-state index in [1.165, 1.54) is 5.56 Å². The molecule has 2 atom stereocenters. The minimum atomic E-state index is -0.249. The maximum absolute atomic E-state index is 11.1. The summed E-state index contributed by atoms with van der Waals surface area (Å²) in [6.45, 7) is 4.39. The molecule has 1 aromatic rings. The zero-order valence-corrected chi connectivity index (χ0v) is 10.0. The second-order valence-electron chi connectivity index (χ2n) is 5.36. The van der Waals surface area contributed by atoms with Gasteiger partial charge in [0.25, 0.3) is 5.69 Å². The highest BCUT2D eigenvalue weighted by Gasteiger charge is 2.49. The summed E-state index contributed by atoms with van der Waals surface area (Å²) in [5.74, 6) is 0.723. The predicted octanol–water partition coefficient (Wildman–Crippen LogP) is 3.55. The van der Waals surface area contributed by atoms with Gasteiger partial charge in [-0.15, -0.1) is 0 Å². The summed E-state index contributed by atoms with van der Waals surface area (Å²) >= 11 is 0. The minimum Gasteiger partial charge on any atom is -0.258 e. The van der Waals surface area contributed by atoms with Crippen molar-refractivity contribution < 1.29 is 4.92 Å². The van der Waals surface area contributed by atoms with Crippen LogP contribution in [0.15, 0.2) is 30.4 Å². The van der Waals surface area contributed by atoms with E-state index in [0.29, 0.717) is 11.6 Å². The number of rotatable bonds is 2. The second kappa shape index (κ2) is 3.19. The van der Waals surface area contributed by atoms with E-state index in [4.69, 9.17) is 0 Å². The molecular formula is C14H15NO2. The summed E-state index contributed by atoms with van der Waals surface area (Å²) in [6.07, 6.45) is 5.41. The Kier molecular flexibility index (Phi) is 1.97. The monoisotopic (exact) mass is 229 g/mol. The highest BCUT2D eigenvalue weighted by Crippen LogP contribution is 2.58. The van der Waals surface area contributed by atoms with Gasteiger partial charge in [-0.3, -0.25) is 10.1 Å². The third kappa shape index (κ3) is 1.17. The van der Waals surface area contributed by atoms with Gasteiger partial charge in [0.15, 0.2) is 0 Å². The summed E-state index contributed by atoms with van der Waals surface area (Å²) < 4.78 is 0. The van der Waals surface area contributed by atoms with Crippen LogP contribution in [0.3, 0.4) is 0 Å². The van der Waals surface area contributed by atoms with E-state index >= 15 is 0 Å². The van der Waals surface area contributed by atoms with E-state index in [9.17, 15) is 10.1 Å². The van der Waals surface area contributed by atoms with E-state index in [1.807, 2.05) is 6.07 Å². The van der Waals surface area contributed by atoms with Gasteiger partial charge in [0.1, 0.15) is 0 Å². The zero-order valence-electron chi connectivity index (χ0n) is 10.0. The smallest absolute Gasteiger partial charge is 0.258 e. The average molecular weight is 229 g/mol. The van der Waals surface area contributed by atoms with Gasteiger partial charge in [0.2, 0.25) is 0 Å². The summed E-state index contributed by atoms with van der Waals surface area (Å²) in [6, 6.07) is 5.50. The molecule has 3 nitrogen and oxygen atoms in total. The van der Waals surface area contributed by atoms with Crippen LogP contribution >= 0.6 is 0 Å². The minimum absolute atomic E-state index is 0.0337. The molecule has 3 heteroatoms. The normalized spacial score (nSPS) is 28.8. The molecule has 0 heterocycles. The quantitative estimate of drug-likeness (QED) is 0.442. The highest BCUT2D eigenvalue weighted by molar-refractivity contribution is 5.61. The maximum Gasteiger partial charge on any atom is 0.273 e. The van der Waals surface area contributed by atoms with Crippen molar-refractivity contribution in [3.63, 3.8) is 0 Å². The number of hydrogen-bond acceptors (Lipinski definition) is 2. The Morgan fingerprint density at radius 3 is 2.88 bits per heavy atom. The number of benzene rings is 1. The Balaban J connectivity index is 2.26. The SMILES string of the molecule is CC(C)C12C=CC(C1)c1c([N+](=O)[O-])cccc12. The van der Waals surface area contributed by atoms with Crippen molar-refractivity contribution >= 4 is 5.69 Å². The first kappa shape index (κ1) is 10.5. The van der Waals surface area contributed by atoms with Gasteiger partial charge in [-0.25, -0.2) is 0 Å². The van der Waals surface area contributed by atoms with Gasteiger partial charge < -0.3 is 0 Å². The summed E-state index contributed by atoms with van der Waals surface area (Å²) in [5, 5.41) is 11.1. The van der Waals surface area contributed by atoms with Crippen molar-refractivity contribution in [3.05, 3.63) is 51.6 Å². The Morgan fingerprint density at radius 1 is 1.47 bits per heavy atom. The van der Waals surface area contributed by atoms with Crippen LogP contribution in [0.2, 0.25) is 0 Å². The molecule has 2 unspecified atom stereocenters. The standard InChI is InChI=1S/C14H15NO2/c1-9(2)14-7-6-10(8-14)13-11(14)4-3-5-12(13)15(16)17/h3-7,9-10H,8H2,1-2H3. The van der Waals surface area contributed by atoms with Gasteiger partial charge in [-0.2, -0.15) is 0 Å². The van der Waals surface area contributed by atoms with Crippen LogP contribution in [0.1, 0.15) is 37.3 Å². The Hall–Kier alpha value is -1.64. The molecule has 17 heavy (non-hydrogen) atoms. The first-order valence-electron chi connectivity index (χ1n) is 6.03. The molecule has 0 N–H and O–H groups in total. The maximum atomic E-state index is 11.1. The summed E-state index contributed by atoms with van der Waals surface area (Å²) in [5.41, 5.74) is 2.45. The van der Waals surface area contributed by atoms with Gasteiger partial charge in [0, 0.05) is 23.0 Å². The molecule has 0 amide bonds. The van der Waals surface area contributed by atoms with Crippen LogP contribution in [0, 0.1) is 16.0 Å². The Bertz CT molecular complexity index is 533. The van der Waals surface area contributed by atoms with Gasteiger partial charge >= 0.3 is 0 Å². The zero-order chi connectivity index (χ0) is 12.2. The Labute approximate surface area is 100 Å². The molecule has 0 aliphatic heterocycles. The molecule has 0 saturated heterocycles. The van der Waals surface area contributed by atoms with Crippen molar-refractivity contribution in [2.45, 2.75) is 31.6 Å². The van der Waals surface area contributed by atoms with Crippen molar-refractivity contribution in [1.82, 2.24) is 0 Å². The molecule has 0 aromatic heterocycles. The first-order chi connectivity index (χ1) is 8.06. The summed E-state index contributed by atoms with van der Waals surface area (Å²) in [4.78, 5) is 10.8. The van der Waals surface area contributed by atoms with E-state index in [-0.39, 0.29) is 16.3 Å². The van der Waals surface area contributed by atoms with Crippen molar-refractivity contribution in [2.75, 3.05) is 0 Å². The summed E-state index contributed by atoms with van der Waals surface area (Å²) in [7, 11) is 0. The van der Waals surface area contributed by atoms with Gasteiger partial charge in [0.05, 0.1) is 4.92 Å². The molecule has 0 spiro atoms. The third-order valence-electron chi connectivity index (χ3n) is 4.37. The molecule has 2 bridgehead atoms. The van der Waals surface area contributed by atoms with Crippen molar-refractivity contribution in [1.29, 1.82) is 0 Å². The number of fused-ring (bicyclic) bond motifs is 5. The largest absolute Gasteiger partial charge is 0.273 e. The molecule has 0 saturated carbocycles. The molecule has 2 aliphatic carbocycles. The number of nitro benzene ring substituents is 1. The molecule has 88 valence electrons. The fourth-order valence-corrected chi connectivity index (χ4v) is 3.43. The van der Waals surface area contributed by atoms with E-state index in [1.54, 1.807) is 6.07 Å². The van der Waals surface area contributed by atoms with E-state index in [2.05, 4.69) is 32.1 Å². The number of nitro groups is 1. The third-order valence-corrected chi connectivity index (χ3v) is 4.37. The molecule has 1 aromatic carbocycles. The van der Waals surface area contributed by atoms with Crippen LogP contribution < -0.4 is 0 Å². The van der Waals surface area contributed by atoms with Gasteiger partial charge in [-0.1, -0.05) is 38.1 Å². The second-order valence-corrected chi connectivity index (χ2v) is 5.36. The lowest BCUT2D eigenvalue weighted by atomic mass is 9.73. The van der Waals surface area contributed by atoms with Crippen LogP contribution in [-0.4, -0.2) is 4.92 Å². The lowest BCUT2D eigenvalue weighted by molar-refractivity contribution is -0.385. The fraction of sp³-hybridized carbons (Fsp3) is 0.429. The fourth-order valence-electron chi connectivity index (χ4n) is 3.43. The van der Waals surface area contributed by atoms with E-state index in [0.717, 1.165) is 12.0 Å². The topological polar surface area (TPSA) is 43.1 Å². The lowest BCUT2D eigenvalue weighted by Gasteiger charge is -2.30. The van der Waals surface area contributed by atoms with Crippen LogP contribution in [-0.2, 0) is 5.41 Å². The van der Waals surface area contributed by atoms with E-state index < -0.39 is 0 Å². The molecule has 2 aliphatic rings. The highest BCUT2D eigenvalue weighted by atomic mass is 16.6. The Morgan fingerprint density at radius 2 is 2.24 bits per heavy atom. The molecular weight excluding hydrogens is 214 g/mol. The first-order valence-corrected chi connectivity index (χ1v) is 6.03. The van der Waals surface area contributed by atoms with Crippen molar-refractivity contribution in [3.8, 4) is 0 Å². The molecule has 0 radical (unpaired) electrons.